The van der Waals surface area contributed by atoms with Crippen LogP contribution >= 0.6 is 0 Å². The van der Waals surface area contributed by atoms with Crippen LogP contribution in [0.3, 0.4) is 0 Å². The minimum atomic E-state index is -0.956. The van der Waals surface area contributed by atoms with Gasteiger partial charge >= 0.3 is 0 Å². The van der Waals surface area contributed by atoms with Gasteiger partial charge in [0.05, 0.1) is 0 Å². The zero-order valence-electron chi connectivity index (χ0n) is 10.2. The van der Waals surface area contributed by atoms with Gasteiger partial charge in [0.1, 0.15) is 11.4 Å². The molecule has 1 aromatic carbocycles. The van der Waals surface area contributed by atoms with Gasteiger partial charge in [-0.1, -0.05) is 25.5 Å². The van der Waals surface area contributed by atoms with Crippen LogP contribution in [-0.4, -0.2) is 17.7 Å². The average molecular weight is 237 g/mol. The predicted molar refractivity (Wildman–Crippen MR) is 66.2 cm³/mol. The van der Waals surface area contributed by atoms with Crippen molar-refractivity contribution in [3.63, 3.8) is 0 Å². The van der Waals surface area contributed by atoms with Gasteiger partial charge in [-0.15, -0.1) is 0 Å². The number of benzene rings is 1. The molecule has 1 aliphatic heterocycles. The highest BCUT2D eigenvalue weighted by Gasteiger charge is 2.37. The highest BCUT2D eigenvalue weighted by Crippen LogP contribution is 2.32. The molecule has 1 heterocycles. The van der Waals surface area contributed by atoms with Crippen LogP contribution in [0, 0.1) is 5.82 Å². The lowest BCUT2D eigenvalue weighted by molar-refractivity contribution is -0.0161. The summed E-state index contributed by atoms with van der Waals surface area (Å²) in [5.41, 5.74) is -0.276. The molecule has 0 radical (unpaired) electrons. The fourth-order valence-corrected chi connectivity index (χ4v) is 2.67. The minimum Gasteiger partial charge on any atom is -0.384 e. The first-order valence-electron chi connectivity index (χ1n) is 6.38. The summed E-state index contributed by atoms with van der Waals surface area (Å²) >= 11 is 0. The molecule has 0 spiro atoms. The fourth-order valence-electron chi connectivity index (χ4n) is 2.67. The minimum absolute atomic E-state index is 0.0306. The van der Waals surface area contributed by atoms with E-state index in [2.05, 4.69) is 5.32 Å². The molecule has 0 saturated carbocycles. The Morgan fingerprint density at radius 2 is 2.29 bits per heavy atom. The molecule has 94 valence electrons. The van der Waals surface area contributed by atoms with Crippen molar-refractivity contribution in [3.05, 3.63) is 35.6 Å². The highest BCUT2D eigenvalue weighted by atomic mass is 19.1. The second kappa shape index (κ2) is 5.15. The monoisotopic (exact) mass is 237 g/mol. The maximum atomic E-state index is 13.3. The normalized spacial score (nSPS) is 24.3. The van der Waals surface area contributed by atoms with Crippen molar-refractivity contribution in [2.45, 2.75) is 44.2 Å². The van der Waals surface area contributed by atoms with E-state index in [0.717, 1.165) is 25.8 Å². The van der Waals surface area contributed by atoms with E-state index >= 15 is 0 Å². The molecule has 17 heavy (non-hydrogen) atoms. The second-order valence-electron chi connectivity index (χ2n) is 4.79. The van der Waals surface area contributed by atoms with E-state index < -0.39 is 5.60 Å². The van der Waals surface area contributed by atoms with Gasteiger partial charge < -0.3 is 10.4 Å². The van der Waals surface area contributed by atoms with E-state index in [1.165, 1.54) is 12.1 Å². The molecule has 2 unspecified atom stereocenters. The molecule has 2 atom stereocenters. The Kier molecular flexibility index (Phi) is 3.79. The number of hydrogen-bond donors (Lipinski definition) is 2. The Morgan fingerprint density at radius 3 is 2.88 bits per heavy atom. The van der Waals surface area contributed by atoms with Crippen molar-refractivity contribution >= 4 is 0 Å². The summed E-state index contributed by atoms with van der Waals surface area (Å²) in [6.07, 6.45) is 3.81. The van der Waals surface area contributed by atoms with E-state index in [9.17, 15) is 9.50 Å². The van der Waals surface area contributed by atoms with Crippen molar-refractivity contribution in [2.75, 3.05) is 6.54 Å². The molecular weight excluding hydrogens is 217 g/mol. The molecular formula is C14H20FNO. The first kappa shape index (κ1) is 12.5. The molecule has 1 aromatic rings. The van der Waals surface area contributed by atoms with Crippen LogP contribution in [0.1, 0.15) is 38.2 Å². The number of nitrogens with one attached hydrogen (secondary N) is 1. The van der Waals surface area contributed by atoms with Crippen LogP contribution < -0.4 is 5.32 Å². The largest absolute Gasteiger partial charge is 0.384 e. The van der Waals surface area contributed by atoms with Gasteiger partial charge in [0.25, 0.3) is 0 Å². The summed E-state index contributed by atoms with van der Waals surface area (Å²) in [6, 6.07) is 6.35. The summed E-state index contributed by atoms with van der Waals surface area (Å²) < 4.78 is 13.3. The maximum absolute atomic E-state index is 13.3. The Labute approximate surface area is 102 Å². The molecule has 0 aromatic heterocycles. The van der Waals surface area contributed by atoms with Crippen LogP contribution in [0.4, 0.5) is 4.39 Å². The van der Waals surface area contributed by atoms with Crippen LogP contribution in [0.15, 0.2) is 24.3 Å². The lowest BCUT2D eigenvalue weighted by Gasteiger charge is -2.39. The van der Waals surface area contributed by atoms with Gasteiger partial charge in [-0.25, -0.2) is 4.39 Å². The van der Waals surface area contributed by atoms with E-state index in [4.69, 9.17) is 0 Å². The Bertz CT molecular complexity index is 376. The van der Waals surface area contributed by atoms with E-state index in [0.29, 0.717) is 12.0 Å². The number of aliphatic hydroxyl groups is 1. The van der Waals surface area contributed by atoms with Crippen LogP contribution in [0.25, 0.3) is 0 Å². The van der Waals surface area contributed by atoms with E-state index in [1.54, 1.807) is 6.07 Å². The lowest BCUT2D eigenvalue weighted by Crippen LogP contribution is -2.50. The average Bonchev–Trinajstić information content (AvgIpc) is 2.39. The molecule has 1 fully saturated rings. The van der Waals surface area contributed by atoms with Crippen LogP contribution in [0.2, 0.25) is 0 Å². The summed E-state index contributed by atoms with van der Waals surface area (Å²) in [6.45, 7) is 2.88. The highest BCUT2D eigenvalue weighted by molar-refractivity contribution is 5.25. The zero-order valence-corrected chi connectivity index (χ0v) is 10.2. The quantitative estimate of drug-likeness (QED) is 0.847. The summed E-state index contributed by atoms with van der Waals surface area (Å²) in [5, 5.41) is 14.2. The van der Waals surface area contributed by atoms with Crippen LogP contribution in [-0.2, 0) is 5.60 Å². The van der Waals surface area contributed by atoms with Crippen molar-refractivity contribution in [2.24, 2.45) is 0 Å². The predicted octanol–water partition coefficient (Wildman–Crippen LogP) is 2.57. The summed E-state index contributed by atoms with van der Waals surface area (Å²) in [5.74, 6) is -0.287. The van der Waals surface area contributed by atoms with Gasteiger partial charge in [0.2, 0.25) is 0 Å². The fraction of sp³-hybridized carbons (Fsp3) is 0.571. The third-order valence-electron chi connectivity index (χ3n) is 3.75. The van der Waals surface area contributed by atoms with Crippen molar-refractivity contribution < 1.29 is 9.50 Å². The topological polar surface area (TPSA) is 32.3 Å². The Hall–Kier alpha value is -0.930. The third kappa shape index (κ3) is 2.50. The Balaban J connectivity index is 2.29. The summed E-state index contributed by atoms with van der Waals surface area (Å²) in [4.78, 5) is 0. The third-order valence-corrected chi connectivity index (χ3v) is 3.75. The van der Waals surface area contributed by atoms with Crippen molar-refractivity contribution in [1.29, 1.82) is 0 Å². The first-order valence-corrected chi connectivity index (χ1v) is 6.38. The number of hydrogen-bond acceptors (Lipinski definition) is 2. The van der Waals surface area contributed by atoms with Gasteiger partial charge in [0.15, 0.2) is 0 Å². The molecule has 2 rings (SSSR count). The molecule has 2 nitrogen and oxygen atoms in total. The van der Waals surface area contributed by atoms with Gasteiger partial charge in [-0.05, 0) is 43.5 Å². The molecule has 0 amide bonds. The van der Waals surface area contributed by atoms with Crippen molar-refractivity contribution in [3.8, 4) is 0 Å². The summed E-state index contributed by atoms with van der Waals surface area (Å²) in [7, 11) is 0. The lowest BCUT2D eigenvalue weighted by atomic mass is 9.80. The van der Waals surface area contributed by atoms with E-state index in [1.807, 2.05) is 13.0 Å². The number of halogens is 1. The smallest absolute Gasteiger partial charge is 0.123 e. The SMILES string of the molecule is CCC(O)(c1cccc(F)c1)C1CCCCN1. The number of piperidine rings is 1. The molecule has 0 bridgehead atoms. The number of rotatable bonds is 3. The standard InChI is InChI=1S/C14H20FNO/c1-2-14(17,13-8-3-4-9-16-13)11-6-5-7-12(15)10-11/h5-7,10,13,16-17H,2-4,8-9H2,1H3. The Morgan fingerprint density at radius 1 is 1.47 bits per heavy atom. The second-order valence-corrected chi connectivity index (χ2v) is 4.79. The van der Waals surface area contributed by atoms with Gasteiger partial charge in [-0.2, -0.15) is 0 Å². The molecule has 2 N–H and O–H groups in total. The zero-order chi connectivity index (χ0) is 12.3. The first-order chi connectivity index (χ1) is 8.16. The molecule has 1 saturated heterocycles. The van der Waals surface area contributed by atoms with Crippen LogP contribution in [0.5, 0.6) is 0 Å². The van der Waals surface area contributed by atoms with E-state index in [-0.39, 0.29) is 11.9 Å². The maximum Gasteiger partial charge on any atom is 0.123 e. The van der Waals surface area contributed by atoms with Gasteiger partial charge in [0, 0.05) is 6.04 Å². The van der Waals surface area contributed by atoms with Gasteiger partial charge in [-0.3, -0.25) is 0 Å². The molecule has 3 heteroatoms. The van der Waals surface area contributed by atoms with Crippen molar-refractivity contribution in [1.82, 2.24) is 5.32 Å². The molecule has 1 aliphatic rings. The molecule has 0 aliphatic carbocycles.